The number of hydrogen-bond donors (Lipinski definition) is 2. The molecule has 0 aromatic rings. The first kappa shape index (κ1) is 18.3. The van der Waals surface area contributed by atoms with Gasteiger partial charge in [-0.25, -0.2) is 0 Å². The van der Waals surface area contributed by atoms with Crippen molar-refractivity contribution < 1.29 is 19.2 Å². The summed E-state index contributed by atoms with van der Waals surface area (Å²) in [6, 6.07) is -0.767. The largest absolute Gasteiger partial charge is 0.385 e. The number of hydrogen-bond acceptors (Lipinski definition) is 5. The predicted molar refractivity (Wildman–Crippen MR) is 85.0 cm³/mol. The normalized spacial score (nSPS) is 18.4. The molecule has 7 heteroatoms. The molecule has 23 heavy (non-hydrogen) atoms. The number of imide groups is 1. The van der Waals surface area contributed by atoms with E-state index >= 15 is 0 Å². The number of likely N-dealkylation sites (N-methyl/N-ethyl adjacent to an activating group) is 2. The van der Waals surface area contributed by atoms with E-state index in [1.807, 2.05) is 6.92 Å². The molecule has 0 aromatic heterocycles. The Bertz CT molecular complexity index is 592. The van der Waals surface area contributed by atoms with Gasteiger partial charge >= 0.3 is 0 Å². The topological polar surface area (TPSA) is 95.6 Å². The van der Waals surface area contributed by atoms with Gasteiger partial charge in [0.2, 0.25) is 11.8 Å². The van der Waals surface area contributed by atoms with E-state index in [2.05, 4.69) is 23.8 Å². The maximum atomic E-state index is 12.5. The van der Waals surface area contributed by atoms with E-state index in [1.54, 1.807) is 0 Å². The summed E-state index contributed by atoms with van der Waals surface area (Å²) in [5.41, 5.74) is 0.451. The molecule has 1 aliphatic heterocycles. The zero-order valence-corrected chi connectivity index (χ0v) is 13.3. The van der Waals surface area contributed by atoms with Crippen LogP contribution in [0.3, 0.4) is 0 Å². The molecule has 0 bridgehead atoms. The van der Waals surface area contributed by atoms with Gasteiger partial charge in [-0.15, -0.1) is 0 Å². The summed E-state index contributed by atoms with van der Waals surface area (Å²) >= 11 is 0. The maximum absolute atomic E-state index is 12.5. The summed E-state index contributed by atoms with van der Waals surface area (Å²) in [5, 5.41) is 5.12. The standard InChI is InChI=1S/C16H21N3O4/c1-5-12(17-6-2)11(9-20)10(3)16(23)19(4)13-7-8-14(21)18-15(13)22/h5,9,13,17H,1,3,6-8H2,2,4H3,(H,18,21,22)/b12-11+. The average molecular weight is 319 g/mol. The molecule has 1 saturated heterocycles. The molecule has 1 unspecified atom stereocenters. The molecule has 0 spiro atoms. The molecule has 0 aliphatic carbocycles. The highest BCUT2D eigenvalue weighted by atomic mass is 16.2. The Labute approximate surface area is 135 Å². The van der Waals surface area contributed by atoms with Gasteiger partial charge in [0.15, 0.2) is 6.29 Å². The smallest absolute Gasteiger partial charge is 0.254 e. The predicted octanol–water partition coefficient (Wildman–Crippen LogP) is 0.0547. The van der Waals surface area contributed by atoms with E-state index in [0.29, 0.717) is 18.5 Å². The first-order chi connectivity index (χ1) is 10.9. The minimum atomic E-state index is -0.767. The Morgan fingerprint density at radius 2 is 2.13 bits per heavy atom. The minimum Gasteiger partial charge on any atom is -0.385 e. The van der Waals surface area contributed by atoms with Crippen LogP contribution in [0.4, 0.5) is 0 Å². The second-order valence-corrected chi connectivity index (χ2v) is 5.04. The van der Waals surface area contributed by atoms with Gasteiger partial charge in [-0.1, -0.05) is 13.2 Å². The molecule has 0 radical (unpaired) electrons. The Balaban J connectivity index is 3.00. The third-order valence-corrected chi connectivity index (χ3v) is 3.56. The molecule has 0 aromatic carbocycles. The van der Waals surface area contributed by atoms with Gasteiger partial charge in [0.25, 0.3) is 5.91 Å². The Morgan fingerprint density at radius 1 is 1.48 bits per heavy atom. The van der Waals surface area contributed by atoms with Gasteiger partial charge < -0.3 is 10.2 Å². The second-order valence-electron chi connectivity index (χ2n) is 5.04. The summed E-state index contributed by atoms with van der Waals surface area (Å²) in [6.45, 7) is 9.65. The molecule has 124 valence electrons. The fourth-order valence-electron chi connectivity index (χ4n) is 2.29. The fraction of sp³-hybridized carbons (Fsp3) is 0.375. The summed E-state index contributed by atoms with van der Waals surface area (Å²) < 4.78 is 0. The molecular weight excluding hydrogens is 298 g/mol. The van der Waals surface area contributed by atoms with E-state index in [1.165, 1.54) is 18.0 Å². The lowest BCUT2D eigenvalue weighted by Gasteiger charge is -2.30. The number of piperidine rings is 1. The van der Waals surface area contributed by atoms with E-state index in [4.69, 9.17) is 0 Å². The van der Waals surface area contributed by atoms with Crippen LogP contribution in [0.5, 0.6) is 0 Å². The van der Waals surface area contributed by atoms with E-state index < -0.39 is 17.9 Å². The van der Waals surface area contributed by atoms with Crippen LogP contribution in [-0.2, 0) is 19.2 Å². The van der Waals surface area contributed by atoms with E-state index in [-0.39, 0.29) is 29.9 Å². The van der Waals surface area contributed by atoms with Crippen molar-refractivity contribution in [1.29, 1.82) is 0 Å². The van der Waals surface area contributed by atoms with Crippen molar-refractivity contribution in [2.45, 2.75) is 25.8 Å². The molecule has 0 saturated carbocycles. The minimum absolute atomic E-state index is 0.0388. The van der Waals surface area contributed by atoms with Gasteiger partial charge in [0.1, 0.15) is 6.04 Å². The molecule has 1 heterocycles. The Kier molecular flexibility index (Phi) is 6.44. The third kappa shape index (κ3) is 4.15. The van der Waals surface area contributed by atoms with Crippen molar-refractivity contribution in [1.82, 2.24) is 15.5 Å². The number of nitrogens with one attached hydrogen (secondary N) is 2. The monoisotopic (exact) mass is 319 g/mol. The van der Waals surface area contributed by atoms with Crippen LogP contribution in [0.25, 0.3) is 0 Å². The van der Waals surface area contributed by atoms with Crippen molar-refractivity contribution in [2.24, 2.45) is 0 Å². The van der Waals surface area contributed by atoms with Crippen LogP contribution in [0.15, 0.2) is 36.1 Å². The van der Waals surface area contributed by atoms with Gasteiger partial charge in [-0.2, -0.15) is 0 Å². The number of allylic oxidation sites excluding steroid dienone is 1. The number of carbonyl (C=O) groups is 4. The first-order valence-corrected chi connectivity index (χ1v) is 7.23. The Hall–Kier alpha value is -2.70. The lowest BCUT2D eigenvalue weighted by molar-refractivity contribution is -0.142. The highest BCUT2D eigenvalue weighted by Gasteiger charge is 2.33. The summed E-state index contributed by atoms with van der Waals surface area (Å²) in [7, 11) is 1.44. The van der Waals surface area contributed by atoms with Gasteiger partial charge in [-0.05, 0) is 19.4 Å². The van der Waals surface area contributed by atoms with Crippen molar-refractivity contribution in [2.75, 3.05) is 13.6 Å². The SMILES string of the molecule is C=C/C(NCC)=C(/C=O)C(=C)C(=O)N(C)C1CCC(=O)NC1=O. The highest BCUT2D eigenvalue weighted by molar-refractivity contribution is 6.08. The molecule has 7 nitrogen and oxygen atoms in total. The molecule has 1 aliphatic rings. The highest BCUT2D eigenvalue weighted by Crippen LogP contribution is 2.17. The first-order valence-electron chi connectivity index (χ1n) is 7.23. The van der Waals surface area contributed by atoms with Gasteiger partial charge in [-0.3, -0.25) is 24.5 Å². The Morgan fingerprint density at radius 3 is 2.61 bits per heavy atom. The van der Waals surface area contributed by atoms with Crippen LogP contribution in [-0.4, -0.2) is 48.5 Å². The number of carbonyl (C=O) groups excluding carboxylic acids is 4. The third-order valence-electron chi connectivity index (χ3n) is 3.56. The second kappa shape index (κ2) is 8.07. The van der Waals surface area contributed by atoms with Crippen LogP contribution < -0.4 is 10.6 Å². The lowest BCUT2D eigenvalue weighted by atomic mass is 10.0. The average Bonchev–Trinajstić information content (AvgIpc) is 2.53. The zero-order valence-electron chi connectivity index (χ0n) is 13.3. The summed E-state index contributed by atoms with van der Waals surface area (Å²) in [5.74, 6) is -1.45. The van der Waals surface area contributed by atoms with Crippen LogP contribution >= 0.6 is 0 Å². The summed E-state index contributed by atoms with van der Waals surface area (Å²) in [6.07, 6.45) is 2.35. The van der Waals surface area contributed by atoms with Crippen molar-refractivity contribution in [3.05, 3.63) is 36.1 Å². The maximum Gasteiger partial charge on any atom is 0.254 e. The molecule has 2 N–H and O–H groups in total. The number of nitrogens with zero attached hydrogens (tertiary/aromatic N) is 1. The fourth-order valence-corrected chi connectivity index (χ4v) is 2.29. The van der Waals surface area contributed by atoms with Crippen molar-refractivity contribution in [3.63, 3.8) is 0 Å². The van der Waals surface area contributed by atoms with Crippen LogP contribution in [0.1, 0.15) is 19.8 Å². The molecule has 1 atom stereocenters. The van der Waals surface area contributed by atoms with Crippen LogP contribution in [0.2, 0.25) is 0 Å². The molecule has 1 fully saturated rings. The van der Waals surface area contributed by atoms with Crippen LogP contribution in [0, 0.1) is 0 Å². The zero-order chi connectivity index (χ0) is 17.6. The van der Waals surface area contributed by atoms with Crippen molar-refractivity contribution in [3.8, 4) is 0 Å². The van der Waals surface area contributed by atoms with Crippen molar-refractivity contribution >= 4 is 24.0 Å². The summed E-state index contributed by atoms with van der Waals surface area (Å²) in [4.78, 5) is 48.0. The van der Waals surface area contributed by atoms with Gasteiger partial charge in [0.05, 0.1) is 0 Å². The van der Waals surface area contributed by atoms with Gasteiger partial charge in [0, 0.05) is 36.9 Å². The number of aldehydes is 1. The molecule has 3 amide bonds. The number of rotatable bonds is 7. The van der Waals surface area contributed by atoms with E-state index in [0.717, 1.165) is 0 Å². The quantitative estimate of drug-likeness (QED) is 0.299. The molecular formula is C16H21N3O4. The van der Waals surface area contributed by atoms with E-state index in [9.17, 15) is 19.2 Å². The number of amides is 3. The lowest BCUT2D eigenvalue weighted by Crippen LogP contribution is -2.53. The molecule has 1 rings (SSSR count).